The first-order chi connectivity index (χ1) is 8.13. The van der Waals surface area contributed by atoms with Gasteiger partial charge in [-0.25, -0.2) is 0 Å². The molecule has 1 atom stereocenters. The van der Waals surface area contributed by atoms with E-state index in [9.17, 15) is 0 Å². The van der Waals surface area contributed by atoms with Gasteiger partial charge >= 0.3 is 0 Å². The number of rotatable bonds is 4. The Bertz CT molecular complexity index is 478. The molecule has 0 saturated carbocycles. The van der Waals surface area contributed by atoms with E-state index in [1.165, 1.54) is 0 Å². The highest BCUT2D eigenvalue weighted by Crippen LogP contribution is 2.30. The van der Waals surface area contributed by atoms with Crippen LogP contribution in [0.5, 0.6) is 0 Å². The zero-order valence-corrected chi connectivity index (χ0v) is 11.9. The van der Waals surface area contributed by atoms with Gasteiger partial charge in [-0.05, 0) is 43.3 Å². The van der Waals surface area contributed by atoms with E-state index in [2.05, 4.69) is 28.1 Å². The molecule has 0 amide bonds. The third-order valence-electron chi connectivity index (χ3n) is 2.19. The molecular formula is C13H14BrNOS. The molecule has 1 unspecified atom stereocenters. The number of halogens is 1. The summed E-state index contributed by atoms with van der Waals surface area (Å²) in [7, 11) is 0. The SMILES string of the molecule is CC(N)Cc1ccc(Sc2ccc(Br)cc2)o1. The monoisotopic (exact) mass is 311 g/mol. The van der Waals surface area contributed by atoms with Crippen LogP contribution in [0.3, 0.4) is 0 Å². The van der Waals surface area contributed by atoms with Crippen LogP contribution in [0, 0.1) is 0 Å². The second-order valence-electron chi connectivity index (χ2n) is 3.96. The van der Waals surface area contributed by atoms with Gasteiger partial charge < -0.3 is 10.2 Å². The summed E-state index contributed by atoms with van der Waals surface area (Å²) in [4.78, 5) is 1.16. The molecule has 2 N–H and O–H groups in total. The topological polar surface area (TPSA) is 39.2 Å². The van der Waals surface area contributed by atoms with E-state index >= 15 is 0 Å². The van der Waals surface area contributed by atoms with Gasteiger partial charge in [-0.2, -0.15) is 0 Å². The number of nitrogens with two attached hydrogens (primary N) is 1. The number of hydrogen-bond donors (Lipinski definition) is 1. The molecule has 90 valence electrons. The molecule has 0 bridgehead atoms. The first kappa shape index (κ1) is 12.7. The molecule has 1 aromatic heterocycles. The Balaban J connectivity index is 2.03. The van der Waals surface area contributed by atoms with E-state index in [0.717, 1.165) is 26.6 Å². The van der Waals surface area contributed by atoms with Gasteiger partial charge in [0.25, 0.3) is 0 Å². The lowest BCUT2D eigenvalue weighted by Crippen LogP contribution is -2.17. The Morgan fingerprint density at radius 3 is 2.59 bits per heavy atom. The molecule has 4 heteroatoms. The van der Waals surface area contributed by atoms with Crippen molar-refractivity contribution in [3.8, 4) is 0 Å². The van der Waals surface area contributed by atoms with Gasteiger partial charge in [-0.15, -0.1) is 0 Å². The summed E-state index contributed by atoms with van der Waals surface area (Å²) in [5.41, 5.74) is 5.73. The Kier molecular flexibility index (Phi) is 4.31. The minimum atomic E-state index is 0.131. The van der Waals surface area contributed by atoms with E-state index in [0.29, 0.717) is 0 Å². The summed E-state index contributed by atoms with van der Waals surface area (Å²) < 4.78 is 6.78. The van der Waals surface area contributed by atoms with Crippen molar-refractivity contribution in [1.29, 1.82) is 0 Å². The highest BCUT2D eigenvalue weighted by atomic mass is 79.9. The zero-order valence-electron chi connectivity index (χ0n) is 9.52. The standard InChI is InChI=1S/C13H14BrNOS/c1-9(15)8-11-4-7-13(16-11)17-12-5-2-10(14)3-6-12/h2-7,9H,8,15H2,1H3. The molecule has 0 aliphatic rings. The molecule has 17 heavy (non-hydrogen) atoms. The fourth-order valence-corrected chi connectivity index (χ4v) is 2.51. The van der Waals surface area contributed by atoms with Crippen LogP contribution in [-0.2, 0) is 6.42 Å². The van der Waals surface area contributed by atoms with Crippen LogP contribution in [0.25, 0.3) is 0 Å². The Morgan fingerprint density at radius 1 is 1.24 bits per heavy atom. The van der Waals surface area contributed by atoms with Crippen LogP contribution in [0.15, 0.2) is 55.3 Å². The molecule has 0 aliphatic carbocycles. The van der Waals surface area contributed by atoms with E-state index in [-0.39, 0.29) is 6.04 Å². The van der Waals surface area contributed by atoms with Gasteiger partial charge in [0.1, 0.15) is 5.76 Å². The van der Waals surface area contributed by atoms with Gasteiger partial charge in [-0.3, -0.25) is 0 Å². The molecule has 0 fully saturated rings. The molecule has 2 nitrogen and oxygen atoms in total. The lowest BCUT2D eigenvalue weighted by Gasteiger charge is -2.01. The van der Waals surface area contributed by atoms with E-state index in [4.69, 9.17) is 10.2 Å². The van der Waals surface area contributed by atoms with Gasteiger partial charge in [0.2, 0.25) is 0 Å². The largest absolute Gasteiger partial charge is 0.454 e. The maximum absolute atomic E-state index is 5.73. The summed E-state index contributed by atoms with van der Waals surface area (Å²) in [5.74, 6) is 0.944. The second kappa shape index (κ2) is 5.76. The average Bonchev–Trinajstić information content (AvgIpc) is 2.68. The van der Waals surface area contributed by atoms with Crippen molar-refractivity contribution < 1.29 is 4.42 Å². The van der Waals surface area contributed by atoms with Crippen LogP contribution >= 0.6 is 27.7 Å². The van der Waals surface area contributed by atoms with Gasteiger partial charge in [0, 0.05) is 21.8 Å². The van der Waals surface area contributed by atoms with Crippen LogP contribution < -0.4 is 5.73 Å². The number of benzene rings is 1. The lowest BCUT2D eigenvalue weighted by atomic mass is 10.2. The van der Waals surface area contributed by atoms with Crippen molar-refractivity contribution in [3.63, 3.8) is 0 Å². The molecule has 2 aromatic rings. The maximum Gasteiger partial charge on any atom is 0.165 e. The molecule has 2 rings (SSSR count). The lowest BCUT2D eigenvalue weighted by molar-refractivity contribution is 0.422. The fourth-order valence-electron chi connectivity index (χ4n) is 1.46. The molecule has 0 aliphatic heterocycles. The summed E-state index contributed by atoms with van der Waals surface area (Å²) in [5, 5.41) is 0.906. The second-order valence-corrected chi connectivity index (χ2v) is 5.95. The van der Waals surface area contributed by atoms with Crippen molar-refractivity contribution >= 4 is 27.7 Å². The summed E-state index contributed by atoms with van der Waals surface area (Å²) in [6.45, 7) is 1.98. The quantitative estimate of drug-likeness (QED) is 0.924. The van der Waals surface area contributed by atoms with E-state index in [1.54, 1.807) is 11.8 Å². The Hall–Kier alpha value is -0.710. The first-order valence-corrected chi connectivity index (χ1v) is 7.02. The van der Waals surface area contributed by atoms with Crippen molar-refractivity contribution in [1.82, 2.24) is 0 Å². The Morgan fingerprint density at radius 2 is 1.94 bits per heavy atom. The smallest absolute Gasteiger partial charge is 0.165 e. The fraction of sp³-hybridized carbons (Fsp3) is 0.231. The highest BCUT2D eigenvalue weighted by Gasteiger charge is 2.06. The molecule has 1 heterocycles. The van der Waals surface area contributed by atoms with Crippen molar-refractivity contribution in [2.45, 2.75) is 29.4 Å². The van der Waals surface area contributed by atoms with Crippen LogP contribution in [-0.4, -0.2) is 6.04 Å². The van der Waals surface area contributed by atoms with E-state index < -0.39 is 0 Å². The number of hydrogen-bond acceptors (Lipinski definition) is 3. The van der Waals surface area contributed by atoms with Crippen LogP contribution in [0.4, 0.5) is 0 Å². The minimum Gasteiger partial charge on any atom is -0.454 e. The predicted octanol–water partition coefficient (Wildman–Crippen LogP) is 4.08. The molecule has 0 radical (unpaired) electrons. The van der Waals surface area contributed by atoms with Crippen molar-refractivity contribution in [3.05, 3.63) is 46.6 Å². The molecule has 0 saturated heterocycles. The van der Waals surface area contributed by atoms with E-state index in [1.807, 2.05) is 31.2 Å². The molecule has 1 aromatic carbocycles. The first-order valence-electron chi connectivity index (χ1n) is 5.41. The average molecular weight is 312 g/mol. The predicted molar refractivity (Wildman–Crippen MR) is 74.3 cm³/mol. The van der Waals surface area contributed by atoms with Crippen molar-refractivity contribution in [2.75, 3.05) is 0 Å². The summed E-state index contributed by atoms with van der Waals surface area (Å²) >= 11 is 5.03. The minimum absolute atomic E-state index is 0.131. The molecule has 0 spiro atoms. The summed E-state index contributed by atoms with van der Waals surface area (Å²) in [6, 6.07) is 12.3. The number of furan rings is 1. The summed E-state index contributed by atoms with van der Waals surface area (Å²) in [6.07, 6.45) is 0.779. The Labute approximate surface area is 114 Å². The molecular weight excluding hydrogens is 298 g/mol. The third kappa shape index (κ3) is 3.91. The van der Waals surface area contributed by atoms with Gasteiger partial charge in [-0.1, -0.05) is 27.7 Å². The van der Waals surface area contributed by atoms with Crippen LogP contribution in [0.2, 0.25) is 0 Å². The maximum atomic E-state index is 5.73. The van der Waals surface area contributed by atoms with Gasteiger partial charge in [0.15, 0.2) is 5.09 Å². The van der Waals surface area contributed by atoms with Crippen molar-refractivity contribution in [2.24, 2.45) is 5.73 Å². The van der Waals surface area contributed by atoms with Crippen LogP contribution in [0.1, 0.15) is 12.7 Å². The normalized spacial score (nSPS) is 12.6. The van der Waals surface area contributed by atoms with Gasteiger partial charge in [0.05, 0.1) is 0 Å². The third-order valence-corrected chi connectivity index (χ3v) is 3.65. The highest BCUT2D eigenvalue weighted by molar-refractivity contribution is 9.10. The zero-order chi connectivity index (χ0) is 12.3.